The Morgan fingerprint density at radius 2 is 2.00 bits per heavy atom. The van der Waals surface area contributed by atoms with E-state index >= 15 is 0 Å². The molecule has 1 saturated heterocycles. The van der Waals surface area contributed by atoms with Gasteiger partial charge in [-0.3, -0.25) is 9.59 Å². The molecule has 5 heteroatoms. The molecule has 0 radical (unpaired) electrons. The first kappa shape index (κ1) is 20.6. The van der Waals surface area contributed by atoms with Gasteiger partial charge in [0, 0.05) is 23.2 Å². The number of aliphatic hydroxyl groups is 1. The molecule has 1 aliphatic heterocycles. The molecular formula is C25H34O5. The van der Waals surface area contributed by atoms with E-state index in [1.165, 1.54) is 0 Å². The molecule has 0 aromatic rings. The number of fused-ring (bicyclic) bond motifs is 7. The van der Waals surface area contributed by atoms with Gasteiger partial charge in [-0.1, -0.05) is 32.4 Å². The molecule has 5 rings (SSSR count). The first-order chi connectivity index (χ1) is 14.0. The molecule has 5 nitrogen and oxygen atoms in total. The summed E-state index contributed by atoms with van der Waals surface area (Å²) in [6.07, 6.45) is 8.12. The Bertz CT molecular complexity index is 871. The van der Waals surface area contributed by atoms with Crippen molar-refractivity contribution < 1.29 is 24.2 Å². The summed E-state index contributed by atoms with van der Waals surface area (Å²) in [5.41, 5.74) is -0.620. The van der Waals surface area contributed by atoms with Crippen LogP contribution < -0.4 is 0 Å². The fourth-order valence-electron chi connectivity index (χ4n) is 8.18. The number of carbonyl (C=O) groups excluding carboxylic acids is 2. The van der Waals surface area contributed by atoms with Crippen molar-refractivity contribution in [2.24, 2.45) is 28.6 Å². The number of rotatable bonds is 2. The van der Waals surface area contributed by atoms with Gasteiger partial charge in [-0.05, 0) is 63.5 Å². The second-order valence-electron chi connectivity index (χ2n) is 11.1. The Balaban J connectivity index is 1.59. The van der Waals surface area contributed by atoms with Crippen LogP contribution in [0.2, 0.25) is 0 Å². The van der Waals surface area contributed by atoms with Crippen molar-refractivity contribution in [3.8, 4) is 0 Å². The standard InChI is InChI=1S/C25H34O5/c1-6-19(28)25-20(29-22(2,3)30-25)12-17-16-8-7-14-11-15(26)9-10-23(14,4)21(16)18(27)13-24(17,25)5/h9-11,16-18,20-21,27H,6-8,12-13H2,1-5H3/t16-,17?,18-,20+,21?,23-,24-,25+/m0/s1. The van der Waals surface area contributed by atoms with Crippen molar-refractivity contribution >= 4 is 11.6 Å². The van der Waals surface area contributed by atoms with Crippen molar-refractivity contribution in [3.05, 3.63) is 23.8 Å². The third-order valence-corrected chi connectivity index (χ3v) is 9.22. The molecule has 0 spiro atoms. The summed E-state index contributed by atoms with van der Waals surface area (Å²) in [5, 5.41) is 11.6. The van der Waals surface area contributed by atoms with E-state index in [4.69, 9.17) is 9.47 Å². The van der Waals surface area contributed by atoms with Gasteiger partial charge in [0.2, 0.25) is 0 Å². The zero-order chi connectivity index (χ0) is 21.7. The molecule has 2 unspecified atom stereocenters. The highest BCUT2D eigenvalue weighted by atomic mass is 16.8. The Morgan fingerprint density at radius 3 is 2.70 bits per heavy atom. The van der Waals surface area contributed by atoms with Gasteiger partial charge in [0.05, 0.1) is 12.2 Å². The SMILES string of the molecule is CCC(=O)[C@@]12OC(C)(C)O[C@@H]1CC1[C@@H]3CCC4=CC(=O)C=C[C@]4(C)C3[C@@H](O)C[C@@]12C. The van der Waals surface area contributed by atoms with E-state index in [1.807, 2.05) is 26.8 Å². The molecule has 1 heterocycles. The average Bonchev–Trinajstić information content (AvgIpc) is 3.07. The highest BCUT2D eigenvalue weighted by Crippen LogP contribution is 2.70. The first-order valence-corrected chi connectivity index (χ1v) is 11.5. The minimum Gasteiger partial charge on any atom is -0.393 e. The molecule has 0 amide bonds. The highest BCUT2D eigenvalue weighted by molar-refractivity contribution is 6.01. The quantitative estimate of drug-likeness (QED) is 0.745. The van der Waals surface area contributed by atoms with Gasteiger partial charge in [0.1, 0.15) is 0 Å². The lowest BCUT2D eigenvalue weighted by Crippen LogP contribution is -2.63. The van der Waals surface area contributed by atoms with Gasteiger partial charge in [0.25, 0.3) is 0 Å². The molecule has 8 atom stereocenters. The fourth-order valence-corrected chi connectivity index (χ4v) is 8.18. The molecular weight excluding hydrogens is 380 g/mol. The number of ketones is 2. The Kier molecular flexibility index (Phi) is 4.22. The number of hydrogen-bond donors (Lipinski definition) is 1. The Hall–Kier alpha value is -1.30. The second-order valence-corrected chi connectivity index (χ2v) is 11.1. The predicted octanol–water partition coefficient (Wildman–Crippen LogP) is 3.74. The number of aliphatic hydroxyl groups excluding tert-OH is 1. The maximum absolute atomic E-state index is 13.4. The lowest BCUT2D eigenvalue weighted by atomic mass is 9.46. The van der Waals surface area contributed by atoms with Crippen LogP contribution in [0.25, 0.3) is 0 Å². The smallest absolute Gasteiger partial charge is 0.178 e. The van der Waals surface area contributed by atoms with E-state index in [1.54, 1.807) is 12.2 Å². The summed E-state index contributed by atoms with van der Waals surface area (Å²) in [5.74, 6) is -0.109. The maximum atomic E-state index is 13.4. The number of Topliss-reactive ketones (excluding diaryl/α,β-unsaturated/α-hetero) is 1. The minimum absolute atomic E-state index is 0.0422. The van der Waals surface area contributed by atoms with E-state index in [2.05, 4.69) is 13.8 Å². The van der Waals surface area contributed by atoms with E-state index in [0.29, 0.717) is 12.8 Å². The average molecular weight is 415 g/mol. The molecule has 0 aromatic heterocycles. The lowest BCUT2D eigenvalue weighted by molar-refractivity contribution is -0.224. The van der Waals surface area contributed by atoms with Crippen LogP contribution in [-0.4, -0.2) is 40.3 Å². The number of ether oxygens (including phenoxy) is 2. The molecule has 5 aliphatic rings. The summed E-state index contributed by atoms with van der Waals surface area (Å²) in [4.78, 5) is 25.4. The number of hydrogen-bond acceptors (Lipinski definition) is 5. The molecule has 30 heavy (non-hydrogen) atoms. The van der Waals surface area contributed by atoms with Crippen molar-refractivity contribution in [1.29, 1.82) is 0 Å². The van der Waals surface area contributed by atoms with Crippen LogP contribution in [0.5, 0.6) is 0 Å². The molecule has 4 aliphatic carbocycles. The lowest BCUT2D eigenvalue weighted by Gasteiger charge is -2.60. The van der Waals surface area contributed by atoms with Gasteiger partial charge in [-0.15, -0.1) is 0 Å². The normalized spacial score (nSPS) is 50.9. The van der Waals surface area contributed by atoms with Crippen molar-refractivity contribution in [3.63, 3.8) is 0 Å². The van der Waals surface area contributed by atoms with Crippen LogP contribution in [0.4, 0.5) is 0 Å². The molecule has 0 bridgehead atoms. The minimum atomic E-state index is -0.989. The summed E-state index contributed by atoms with van der Waals surface area (Å²) >= 11 is 0. The third-order valence-electron chi connectivity index (χ3n) is 9.22. The molecule has 0 aromatic carbocycles. The zero-order valence-corrected chi connectivity index (χ0v) is 18.7. The molecule has 3 saturated carbocycles. The Morgan fingerprint density at radius 1 is 1.27 bits per heavy atom. The van der Waals surface area contributed by atoms with E-state index in [9.17, 15) is 14.7 Å². The molecule has 4 fully saturated rings. The van der Waals surface area contributed by atoms with Gasteiger partial charge < -0.3 is 14.6 Å². The largest absolute Gasteiger partial charge is 0.393 e. The van der Waals surface area contributed by atoms with Crippen LogP contribution in [0.15, 0.2) is 23.8 Å². The van der Waals surface area contributed by atoms with Gasteiger partial charge in [-0.25, -0.2) is 0 Å². The summed E-state index contributed by atoms with van der Waals surface area (Å²) in [7, 11) is 0. The van der Waals surface area contributed by atoms with Crippen molar-refractivity contribution in [2.45, 2.75) is 90.3 Å². The maximum Gasteiger partial charge on any atom is 0.178 e. The van der Waals surface area contributed by atoms with Gasteiger partial charge >= 0.3 is 0 Å². The van der Waals surface area contributed by atoms with E-state index < -0.39 is 22.9 Å². The summed E-state index contributed by atoms with van der Waals surface area (Å²) in [6, 6.07) is 0. The summed E-state index contributed by atoms with van der Waals surface area (Å²) < 4.78 is 12.8. The predicted molar refractivity (Wildman–Crippen MR) is 111 cm³/mol. The van der Waals surface area contributed by atoms with Crippen LogP contribution in [0.1, 0.15) is 66.7 Å². The van der Waals surface area contributed by atoms with Crippen LogP contribution >= 0.6 is 0 Å². The summed E-state index contributed by atoms with van der Waals surface area (Å²) in [6.45, 7) is 9.99. The van der Waals surface area contributed by atoms with E-state index in [-0.39, 0.29) is 40.8 Å². The van der Waals surface area contributed by atoms with Crippen molar-refractivity contribution in [2.75, 3.05) is 0 Å². The topological polar surface area (TPSA) is 72.8 Å². The number of carbonyl (C=O) groups is 2. The highest BCUT2D eigenvalue weighted by Gasteiger charge is 2.76. The van der Waals surface area contributed by atoms with Crippen LogP contribution in [0.3, 0.4) is 0 Å². The Labute approximate surface area is 178 Å². The van der Waals surface area contributed by atoms with E-state index in [0.717, 1.165) is 24.8 Å². The first-order valence-electron chi connectivity index (χ1n) is 11.5. The van der Waals surface area contributed by atoms with Gasteiger partial charge in [-0.2, -0.15) is 0 Å². The number of allylic oxidation sites excluding steroid dienone is 4. The monoisotopic (exact) mass is 414 g/mol. The fraction of sp³-hybridized carbons (Fsp3) is 0.760. The molecule has 1 N–H and O–H groups in total. The molecule has 164 valence electrons. The van der Waals surface area contributed by atoms with Crippen LogP contribution in [0, 0.1) is 28.6 Å². The third kappa shape index (κ3) is 2.35. The van der Waals surface area contributed by atoms with Crippen LogP contribution in [-0.2, 0) is 19.1 Å². The van der Waals surface area contributed by atoms with Gasteiger partial charge in [0.15, 0.2) is 23.0 Å². The van der Waals surface area contributed by atoms with Crippen molar-refractivity contribution in [1.82, 2.24) is 0 Å². The zero-order valence-electron chi connectivity index (χ0n) is 18.7. The second kappa shape index (κ2) is 6.14.